The minimum absolute atomic E-state index is 0.778. The van der Waals surface area contributed by atoms with Gasteiger partial charge in [-0.25, -0.2) is 0 Å². The maximum Gasteiger partial charge on any atom is 0.0512 e. The first kappa shape index (κ1) is 11.9. The first-order chi connectivity index (χ1) is 7.36. The molecule has 86 valence electrons. The molecule has 0 saturated heterocycles. The van der Waals surface area contributed by atoms with Gasteiger partial charge in [0.15, 0.2) is 0 Å². The highest BCUT2D eigenvalue weighted by atomic mass is 32.2. The highest BCUT2D eigenvalue weighted by molar-refractivity contribution is 8.23. The summed E-state index contributed by atoms with van der Waals surface area (Å²) in [4.78, 5) is 0. The average Bonchev–Trinajstić information content (AvgIpc) is 2.31. The van der Waals surface area contributed by atoms with E-state index in [1.165, 1.54) is 68.4 Å². The van der Waals surface area contributed by atoms with Crippen molar-refractivity contribution in [3.63, 3.8) is 0 Å². The van der Waals surface area contributed by atoms with Crippen LogP contribution in [0, 0.1) is 5.92 Å². The molecule has 2 fully saturated rings. The summed E-state index contributed by atoms with van der Waals surface area (Å²) in [5.74, 6) is 0.778. The maximum atomic E-state index is 5.62. The third-order valence-electron chi connectivity index (χ3n) is 3.77. The molecule has 0 radical (unpaired) electrons. The summed E-state index contributed by atoms with van der Waals surface area (Å²) in [5, 5.41) is 0.869. The van der Waals surface area contributed by atoms with Gasteiger partial charge in [-0.3, -0.25) is 0 Å². The van der Waals surface area contributed by atoms with Crippen LogP contribution in [0.5, 0.6) is 0 Å². The summed E-state index contributed by atoms with van der Waals surface area (Å²) in [6.07, 6.45) is 14.2. The Hall–Kier alpha value is 0.440. The van der Waals surface area contributed by atoms with Crippen molar-refractivity contribution in [2.75, 3.05) is 0 Å². The van der Waals surface area contributed by atoms with Gasteiger partial charge in [0, 0.05) is 11.2 Å². The summed E-state index contributed by atoms with van der Waals surface area (Å²) >= 11 is 7.68. The van der Waals surface area contributed by atoms with Crippen LogP contribution in [0.15, 0.2) is 0 Å². The predicted molar refractivity (Wildman–Crippen MR) is 73.6 cm³/mol. The van der Waals surface area contributed by atoms with Crippen LogP contribution in [0.2, 0.25) is 0 Å². The largest absolute Gasteiger partial charge is 0.115 e. The summed E-state index contributed by atoms with van der Waals surface area (Å²) in [6, 6.07) is 0. The minimum atomic E-state index is 0.778. The Morgan fingerprint density at radius 2 is 1.33 bits per heavy atom. The van der Waals surface area contributed by atoms with Crippen molar-refractivity contribution >= 4 is 28.2 Å². The van der Waals surface area contributed by atoms with Gasteiger partial charge in [0.05, 0.1) is 4.20 Å². The summed E-state index contributed by atoms with van der Waals surface area (Å²) in [7, 11) is 0. The second-order valence-electron chi connectivity index (χ2n) is 5.03. The molecule has 0 atom stereocenters. The lowest BCUT2D eigenvalue weighted by molar-refractivity contribution is 0.445. The Kier molecular flexibility index (Phi) is 4.96. The molecule has 0 bridgehead atoms. The molecule has 0 unspecified atom stereocenters. The van der Waals surface area contributed by atoms with Crippen LogP contribution in [-0.4, -0.2) is 9.45 Å². The molecule has 2 aliphatic rings. The van der Waals surface area contributed by atoms with Gasteiger partial charge in [-0.1, -0.05) is 50.7 Å². The van der Waals surface area contributed by atoms with E-state index in [4.69, 9.17) is 12.2 Å². The van der Waals surface area contributed by atoms with Crippen LogP contribution < -0.4 is 0 Å². The number of thiocarbonyl (C=S) groups is 1. The first-order valence-corrected chi connectivity index (χ1v) is 7.85. The monoisotopic (exact) mass is 242 g/mol. The Balaban J connectivity index is 1.74. The fourth-order valence-corrected chi connectivity index (χ4v) is 4.75. The van der Waals surface area contributed by atoms with E-state index in [1.54, 1.807) is 0 Å². The molecule has 2 aliphatic carbocycles. The molecule has 0 heterocycles. The van der Waals surface area contributed by atoms with E-state index in [0.29, 0.717) is 0 Å². The molecule has 2 saturated carbocycles. The van der Waals surface area contributed by atoms with Gasteiger partial charge in [0.2, 0.25) is 0 Å². The molecule has 2 heteroatoms. The highest BCUT2D eigenvalue weighted by Gasteiger charge is 2.22. The van der Waals surface area contributed by atoms with Crippen LogP contribution in [0.1, 0.15) is 64.2 Å². The Bertz CT molecular complexity index is 201. The van der Waals surface area contributed by atoms with Gasteiger partial charge in [0.1, 0.15) is 0 Å². The predicted octanol–water partition coefficient (Wildman–Crippen LogP) is 4.96. The van der Waals surface area contributed by atoms with Crippen molar-refractivity contribution < 1.29 is 0 Å². The van der Waals surface area contributed by atoms with Crippen molar-refractivity contribution in [1.82, 2.24) is 0 Å². The van der Waals surface area contributed by atoms with Crippen molar-refractivity contribution in [2.24, 2.45) is 5.92 Å². The molecule has 0 aromatic rings. The second-order valence-corrected chi connectivity index (χ2v) is 7.07. The fourth-order valence-electron chi connectivity index (χ4n) is 2.78. The quantitative estimate of drug-likeness (QED) is 0.628. The smallest absolute Gasteiger partial charge is 0.0512 e. The molecule has 0 aromatic carbocycles. The SMILES string of the molecule is S=C(SC1CCCCC1)C1CCCCC1. The van der Waals surface area contributed by atoms with Gasteiger partial charge in [-0.2, -0.15) is 0 Å². The van der Waals surface area contributed by atoms with Crippen LogP contribution in [0.25, 0.3) is 0 Å². The van der Waals surface area contributed by atoms with E-state index in [1.807, 2.05) is 0 Å². The van der Waals surface area contributed by atoms with Crippen molar-refractivity contribution in [2.45, 2.75) is 69.5 Å². The lowest BCUT2D eigenvalue weighted by Crippen LogP contribution is -2.18. The Labute approximate surface area is 104 Å². The van der Waals surface area contributed by atoms with E-state index in [-0.39, 0.29) is 0 Å². The normalized spacial score (nSPS) is 25.3. The van der Waals surface area contributed by atoms with E-state index in [2.05, 4.69) is 11.8 Å². The zero-order valence-electron chi connectivity index (χ0n) is 9.54. The molecule has 0 aromatic heterocycles. The van der Waals surface area contributed by atoms with E-state index >= 15 is 0 Å². The molecule has 0 nitrogen and oxygen atoms in total. The van der Waals surface area contributed by atoms with E-state index < -0.39 is 0 Å². The van der Waals surface area contributed by atoms with Gasteiger partial charge < -0.3 is 0 Å². The van der Waals surface area contributed by atoms with Gasteiger partial charge >= 0.3 is 0 Å². The molecule has 0 spiro atoms. The highest BCUT2D eigenvalue weighted by Crippen LogP contribution is 2.35. The molecule has 0 N–H and O–H groups in total. The zero-order valence-corrected chi connectivity index (χ0v) is 11.2. The molecule has 15 heavy (non-hydrogen) atoms. The lowest BCUT2D eigenvalue weighted by atomic mass is 9.91. The number of thioether (sulfide) groups is 1. The van der Waals surface area contributed by atoms with Crippen LogP contribution in [0.3, 0.4) is 0 Å². The molecule has 2 rings (SSSR count). The maximum absolute atomic E-state index is 5.62. The topological polar surface area (TPSA) is 0 Å². The summed E-state index contributed by atoms with van der Waals surface area (Å²) in [6.45, 7) is 0. The Morgan fingerprint density at radius 3 is 1.93 bits per heavy atom. The molecular weight excluding hydrogens is 220 g/mol. The van der Waals surface area contributed by atoms with Crippen LogP contribution in [0.4, 0.5) is 0 Å². The van der Waals surface area contributed by atoms with E-state index in [9.17, 15) is 0 Å². The van der Waals surface area contributed by atoms with Crippen molar-refractivity contribution in [3.8, 4) is 0 Å². The zero-order chi connectivity index (χ0) is 10.5. The lowest BCUT2D eigenvalue weighted by Gasteiger charge is -2.26. The van der Waals surface area contributed by atoms with Gasteiger partial charge in [-0.05, 0) is 25.7 Å². The van der Waals surface area contributed by atoms with Crippen LogP contribution >= 0.6 is 24.0 Å². The van der Waals surface area contributed by atoms with Crippen LogP contribution in [-0.2, 0) is 0 Å². The molecular formula is C13H22S2. The van der Waals surface area contributed by atoms with Crippen molar-refractivity contribution in [1.29, 1.82) is 0 Å². The average molecular weight is 242 g/mol. The second kappa shape index (κ2) is 6.24. The Morgan fingerprint density at radius 1 is 0.800 bits per heavy atom. The number of hydrogen-bond acceptors (Lipinski definition) is 2. The molecule has 0 aliphatic heterocycles. The van der Waals surface area contributed by atoms with Gasteiger partial charge in [-0.15, -0.1) is 11.8 Å². The summed E-state index contributed by atoms with van der Waals surface area (Å²) < 4.78 is 1.35. The third kappa shape index (κ3) is 3.74. The first-order valence-electron chi connectivity index (χ1n) is 6.57. The third-order valence-corrected chi connectivity index (χ3v) is 5.77. The standard InChI is InChI=1S/C13H22S2/c14-13(11-7-3-1-4-8-11)15-12-9-5-2-6-10-12/h11-12H,1-10H2. The molecule has 0 amide bonds. The van der Waals surface area contributed by atoms with E-state index in [0.717, 1.165) is 11.2 Å². The minimum Gasteiger partial charge on any atom is -0.115 e. The number of rotatable bonds is 2. The number of hydrogen-bond donors (Lipinski definition) is 0. The fraction of sp³-hybridized carbons (Fsp3) is 0.923. The summed E-state index contributed by atoms with van der Waals surface area (Å²) in [5.41, 5.74) is 0. The van der Waals surface area contributed by atoms with Crippen molar-refractivity contribution in [3.05, 3.63) is 0 Å². The van der Waals surface area contributed by atoms with Gasteiger partial charge in [0.25, 0.3) is 0 Å².